The fourth-order valence-corrected chi connectivity index (χ4v) is 3.78. The molecule has 0 aliphatic carbocycles. The number of fused-ring (bicyclic) bond motifs is 1. The van der Waals surface area contributed by atoms with Crippen LogP contribution < -0.4 is 0 Å². The fourth-order valence-electron chi connectivity index (χ4n) is 3.18. The molecule has 11 heteroatoms. The van der Waals surface area contributed by atoms with Crippen LogP contribution in [0.2, 0.25) is 5.28 Å². The first-order chi connectivity index (χ1) is 15.6. The van der Waals surface area contributed by atoms with Crippen molar-refractivity contribution in [1.82, 2.24) is 14.5 Å². The Bertz CT molecular complexity index is 1410. The maximum absolute atomic E-state index is 10.7. The second-order valence-corrected chi connectivity index (χ2v) is 8.12. The van der Waals surface area contributed by atoms with E-state index in [1.54, 1.807) is 12.3 Å². The number of nitro groups is 1. The molecule has 1 N–H and O–H groups in total. The van der Waals surface area contributed by atoms with Crippen molar-refractivity contribution in [2.45, 2.75) is 6.92 Å². The molecule has 0 spiro atoms. The third kappa shape index (κ3) is 5.16. The molecule has 0 atom stereocenters. The minimum atomic E-state index is -1.17. The summed E-state index contributed by atoms with van der Waals surface area (Å²) in [4.78, 5) is 28.7. The van der Waals surface area contributed by atoms with Crippen molar-refractivity contribution in [2.24, 2.45) is 7.05 Å². The molecule has 2 aromatic heterocycles. The average Bonchev–Trinajstić information content (AvgIpc) is 3.15. The number of carboxylic acid groups (broad SMARTS) is 1. The molecule has 0 aliphatic heterocycles. The van der Waals surface area contributed by atoms with Crippen molar-refractivity contribution >= 4 is 50.1 Å². The average molecular weight is 529 g/mol. The highest BCUT2D eigenvalue weighted by Crippen LogP contribution is 2.28. The summed E-state index contributed by atoms with van der Waals surface area (Å²) in [5, 5.41) is 29.7. The molecule has 0 unspecified atom stereocenters. The van der Waals surface area contributed by atoms with Crippen LogP contribution in [-0.4, -0.2) is 30.5 Å². The molecular weight excluding hydrogens is 514 g/mol. The van der Waals surface area contributed by atoms with Crippen molar-refractivity contribution < 1.29 is 14.8 Å². The van der Waals surface area contributed by atoms with Crippen LogP contribution >= 0.6 is 27.5 Å². The number of nitriles is 1. The van der Waals surface area contributed by atoms with Crippen molar-refractivity contribution in [3.63, 3.8) is 0 Å². The van der Waals surface area contributed by atoms with Gasteiger partial charge in [0, 0.05) is 52.0 Å². The van der Waals surface area contributed by atoms with Gasteiger partial charge < -0.3 is 9.67 Å². The summed E-state index contributed by atoms with van der Waals surface area (Å²) >= 11 is 8.82. The summed E-state index contributed by atoms with van der Waals surface area (Å²) in [6, 6.07) is 12.4. The molecule has 0 amide bonds. The van der Waals surface area contributed by atoms with E-state index in [9.17, 15) is 20.2 Å². The molecule has 4 rings (SSSR count). The highest BCUT2D eigenvalue weighted by atomic mass is 79.9. The summed E-state index contributed by atoms with van der Waals surface area (Å²) in [6.45, 7) is 1.41. The highest BCUT2D eigenvalue weighted by Gasteiger charge is 2.19. The Labute approximate surface area is 201 Å². The van der Waals surface area contributed by atoms with Crippen LogP contribution in [0.15, 0.2) is 53.3 Å². The van der Waals surface area contributed by atoms with Gasteiger partial charge in [0.15, 0.2) is 0 Å². The lowest BCUT2D eigenvalue weighted by Gasteiger charge is -2.04. The maximum Gasteiger partial charge on any atom is 0.336 e. The van der Waals surface area contributed by atoms with E-state index in [0.717, 1.165) is 16.5 Å². The number of nitro benzene ring substituents is 1. The molecule has 4 aromatic rings. The van der Waals surface area contributed by atoms with E-state index in [-0.39, 0.29) is 22.1 Å². The Hall–Kier alpha value is -3.81. The van der Waals surface area contributed by atoms with Crippen LogP contribution in [0, 0.1) is 28.4 Å². The standard InChI is InChI=1S/C14H9ClN4.C8H6BrNO4/c1-19-5-3-11-10(8-16)6-9(7-13(11)19)12-2-4-17-14(15)18-12;1-4-6(8(11)12)2-5(9)3-7(4)10(13)14/h2-7H,1H3;2-3H,1H3,(H,11,12). The van der Waals surface area contributed by atoms with Crippen LogP contribution in [0.25, 0.3) is 22.2 Å². The number of nitrogens with zero attached hydrogens (tertiary/aromatic N) is 5. The summed E-state index contributed by atoms with van der Waals surface area (Å²) in [7, 11) is 1.94. The summed E-state index contributed by atoms with van der Waals surface area (Å²) < 4.78 is 2.36. The number of hydrogen-bond acceptors (Lipinski definition) is 6. The quantitative estimate of drug-likeness (QED) is 0.210. The van der Waals surface area contributed by atoms with Gasteiger partial charge in [-0.2, -0.15) is 5.26 Å². The Morgan fingerprint density at radius 3 is 2.64 bits per heavy atom. The minimum Gasteiger partial charge on any atom is -0.478 e. The van der Waals surface area contributed by atoms with Gasteiger partial charge in [0.1, 0.15) is 0 Å². The minimum absolute atomic E-state index is 0.0638. The molecule has 33 heavy (non-hydrogen) atoms. The zero-order valence-corrected chi connectivity index (χ0v) is 19.6. The molecule has 9 nitrogen and oxygen atoms in total. The topological polar surface area (TPSA) is 135 Å². The third-order valence-electron chi connectivity index (χ3n) is 4.82. The smallest absolute Gasteiger partial charge is 0.336 e. The second kappa shape index (κ2) is 9.77. The number of carbonyl (C=O) groups is 1. The van der Waals surface area contributed by atoms with E-state index in [1.165, 1.54) is 19.1 Å². The lowest BCUT2D eigenvalue weighted by molar-refractivity contribution is -0.385. The van der Waals surface area contributed by atoms with Crippen molar-refractivity contribution in [3.8, 4) is 17.3 Å². The van der Waals surface area contributed by atoms with Gasteiger partial charge in [-0.25, -0.2) is 14.8 Å². The molecule has 2 aromatic carbocycles. The molecule has 166 valence electrons. The lowest BCUT2D eigenvalue weighted by Crippen LogP contribution is -2.03. The van der Waals surface area contributed by atoms with Gasteiger partial charge in [-0.15, -0.1) is 0 Å². The number of aromatic carboxylic acids is 1. The van der Waals surface area contributed by atoms with E-state index in [2.05, 4.69) is 32.0 Å². The predicted octanol–water partition coefficient (Wildman–Crippen LogP) is 5.52. The molecule has 0 radical (unpaired) electrons. The van der Waals surface area contributed by atoms with E-state index < -0.39 is 10.9 Å². The number of hydrogen-bond donors (Lipinski definition) is 1. The molecular formula is C22H15BrClN5O4. The van der Waals surface area contributed by atoms with E-state index in [4.69, 9.17) is 16.7 Å². The van der Waals surface area contributed by atoms with Crippen LogP contribution in [0.1, 0.15) is 21.5 Å². The summed E-state index contributed by atoms with van der Waals surface area (Å²) in [5.74, 6) is -1.17. The summed E-state index contributed by atoms with van der Waals surface area (Å²) in [6.07, 6.45) is 3.54. The number of carboxylic acids is 1. The highest BCUT2D eigenvalue weighted by molar-refractivity contribution is 9.10. The van der Waals surface area contributed by atoms with Gasteiger partial charge in [0.25, 0.3) is 5.69 Å². The van der Waals surface area contributed by atoms with Crippen LogP contribution in [-0.2, 0) is 7.05 Å². The molecule has 0 aliphatic rings. The van der Waals surface area contributed by atoms with Crippen LogP contribution in [0.4, 0.5) is 5.69 Å². The van der Waals surface area contributed by atoms with Crippen LogP contribution in [0.3, 0.4) is 0 Å². The van der Waals surface area contributed by atoms with Gasteiger partial charge in [0.05, 0.1) is 27.8 Å². The first kappa shape index (κ1) is 23.8. The Morgan fingerprint density at radius 2 is 2.03 bits per heavy atom. The predicted molar refractivity (Wildman–Crippen MR) is 126 cm³/mol. The third-order valence-corrected chi connectivity index (χ3v) is 5.46. The van der Waals surface area contributed by atoms with Gasteiger partial charge in [-0.05, 0) is 48.9 Å². The van der Waals surface area contributed by atoms with Crippen molar-refractivity contribution in [2.75, 3.05) is 0 Å². The number of aryl methyl sites for hydroxylation is 1. The van der Waals surface area contributed by atoms with E-state index >= 15 is 0 Å². The lowest BCUT2D eigenvalue weighted by atomic mass is 10.0. The first-order valence-electron chi connectivity index (χ1n) is 9.28. The first-order valence-corrected chi connectivity index (χ1v) is 10.5. The van der Waals surface area contributed by atoms with E-state index in [1.807, 2.05) is 36.0 Å². The SMILES string of the molecule is Cc1c(C(=O)O)cc(Br)cc1[N+](=O)[O-].Cn1ccc2c(C#N)cc(-c3ccnc(Cl)n3)cc21. The Kier molecular flexibility index (Phi) is 7.06. The van der Waals surface area contributed by atoms with Gasteiger partial charge in [-0.3, -0.25) is 10.1 Å². The van der Waals surface area contributed by atoms with Crippen LogP contribution in [0.5, 0.6) is 0 Å². The maximum atomic E-state index is 10.7. The second-order valence-electron chi connectivity index (χ2n) is 6.87. The Balaban J connectivity index is 0.000000196. The Morgan fingerprint density at radius 1 is 1.30 bits per heavy atom. The normalized spacial score (nSPS) is 10.3. The van der Waals surface area contributed by atoms with Crippen molar-refractivity contribution in [1.29, 1.82) is 5.26 Å². The van der Waals surface area contributed by atoms with Crippen molar-refractivity contribution in [3.05, 3.63) is 85.4 Å². The number of halogens is 2. The molecule has 0 bridgehead atoms. The monoisotopic (exact) mass is 527 g/mol. The summed E-state index contributed by atoms with van der Waals surface area (Å²) in [5.41, 5.74) is 3.08. The zero-order chi connectivity index (χ0) is 24.3. The van der Waals surface area contributed by atoms with Gasteiger partial charge in [0.2, 0.25) is 5.28 Å². The van der Waals surface area contributed by atoms with E-state index in [0.29, 0.717) is 15.7 Å². The largest absolute Gasteiger partial charge is 0.478 e. The number of rotatable bonds is 3. The molecule has 0 saturated heterocycles. The molecule has 2 heterocycles. The molecule has 0 fully saturated rings. The van der Waals surface area contributed by atoms with Gasteiger partial charge in [-0.1, -0.05) is 15.9 Å². The van der Waals surface area contributed by atoms with Gasteiger partial charge >= 0.3 is 5.97 Å². The zero-order valence-electron chi connectivity index (χ0n) is 17.3. The molecule has 0 saturated carbocycles. The number of aromatic nitrogens is 3. The number of benzene rings is 2. The fraction of sp³-hybridized carbons (Fsp3) is 0.0909.